The van der Waals surface area contributed by atoms with Crippen LogP contribution >= 0.6 is 15.9 Å². The van der Waals surface area contributed by atoms with Gasteiger partial charge in [0.05, 0.1) is 17.3 Å². The molecule has 2 rings (SSSR count). The van der Waals surface area contributed by atoms with Gasteiger partial charge in [-0.1, -0.05) is 0 Å². The Morgan fingerprint density at radius 1 is 1.35 bits per heavy atom. The van der Waals surface area contributed by atoms with Crippen molar-refractivity contribution in [3.63, 3.8) is 0 Å². The maximum absolute atomic E-state index is 12.4. The average molecular weight is 358 g/mol. The standard InChI is InChI=1S/C12H12BrN3O3S/c1-19-11-6-8(14)2-3-12(11)20(17,18)16-10-4-5-15-7-9(10)13/h2-7H,14H2,1H3,(H,15,16). The average Bonchev–Trinajstić information content (AvgIpc) is 2.40. The maximum atomic E-state index is 12.4. The normalized spacial score (nSPS) is 11.1. The van der Waals surface area contributed by atoms with Crippen molar-refractivity contribution in [2.75, 3.05) is 17.6 Å². The number of nitrogens with zero attached hydrogens (tertiary/aromatic N) is 1. The lowest BCUT2D eigenvalue weighted by atomic mass is 10.3. The molecule has 106 valence electrons. The highest BCUT2D eigenvalue weighted by Crippen LogP contribution is 2.29. The van der Waals surface area contributed by atoms with Crippen LogP contribution in [0.3, 0.4) is 0 Å². The molecule has 0 aliphatic carbocycles. The second-order valence-electron chi connectivity index (χ2n) is 3.87. The number of nitrogens with two attached hydrogens (primary N) is 1. The van der Waals surface area contributed by atoms with Crippen LogP contribution in [0.1, 0.15) is 0 Å². The highest BCUT2D eigenvalue weighted by atomic mass is 79.9. The Bertz CT molecular complexity index is 734. The minimum absolute atomic E-state index is 0.0120. The van der Waals surface area contributed by atoms with Crippen LogP contribution in [-0.2, 0) is 10.0 Å². The quantitative estimate of drug-likeness (QED) is 0.818. The van der Waals surface area contributed by atoms with Crippen LogP contribution in [0.2, 0.25) is 0 Å². The number of hydrogen-bond donors (Lipinski definition) is 2. The highest BCUT2D eigenvalue weighted by Gasteiger charge is 2.20. The topological polar surface area (TPSA) is 94.3 Å². The van der Waals surface area contributed by atoms with E-state index in [2.05, 4.69) is 25.6 Å². The minimum Gasteiger partial charge on any atom is -0.495 e. The number of methoxy groups -OCH3 is 1. The molecule has 0 fully saturated rings. The fourth-order valence-corrected chi connectivity index (χ4v) is 3.28. The number of aromatic nitrogens is 1. The minimum atomic E-state index is -3.78. The van der Waals surface area contributed by atoms with Gasteiger partial charge in [0.2, 0.25) is 0 Å². The molecule has 0 spiro atoms. The summed E-state index contributed by atoms with van der Waals surface area (Å²) in [5, 5.41) is 0. The van der Waals surface area contributed by atoms with Crippen molar-refractivity contribution in [1.29, 1.82) is 0 Å². The summed E-state index contributed by atoms with van der Waals surface area (Å²) in [6, 6.07) is 5.89. The first-order valence-corrected chi connectivity index (χ1v) is 7.77. The molecule has 0 saturated carbocycles. The van der Waals surface area contributed by atoms with E-state index in [1.807, 2.05) is 0 Å². The molecule has 0 atom stereocenters. The summed E-state index contributed by atoms with van der Waals surface area (Å²) in [6.45, 7) is 0. The van der Waals surface area contributed by atoms with E-state index in [0.717, 1.165) is 0 Å². The molecule has 20 heavy (non-hydrogen) atoms. The van der Waals surface area contributed by atoms with Gasteiger partial charge >= 0.3 is 0 Å². The monoisotopic (exact) mass is 357 g/mol. The molecular formula is C12H12BrN3O3S. The van der Waals surface area contributed by atoms with Gasteiger partial charge in [0, 0.05) is 24.1 Å². The Labute approximate surface area is 125 Å². The van der Waals surface area contributed by atoms with Gasteiger partial charge in [0.15, 0.2) is 0 Å². The number of halogens is 1. The molecule has 1 heterocycles. The van der Waals surface area contributed by atoms with Gasteiger partial charge in [0.1, 0.15) is 10.6 Å². The molecule has 0 saturated heterocycles. The number of rotatable bonds is 4. The van der Waals surface area contributed by atoms with Gasteiger partial charge in [-0.05, 0) is 34.1 Å². The summed E-state index contributed by atoms with van der Waals surface area (Å²) in [5.41, 5.74) is 6.42. The zero-order chi connectivity index (χ0) is 14.8. The van der Waals surface area contributed by atoms with E-state index in [4.69, 9.17) is 10.5 Å². The van der Waals surface area contributed by atoms with Gasteiger partial charge in [-0.3, -0.25) is 9.71 Å². The smallest absolute Gasteiger partial charge is 0.265 e. The lowest BCUT2D eigenvalue weighted by molar-refractivity contribution is 0.403. The number of sulfonamides is 1. The summed E-state index contributed by atoms with van der Waals surface area (Å²) in [4.78, 5) is 3.88. The lowest BCUT2D eigenvalue weighted by Crippen LogP contribution is -2.14. The van der Waals surface area contributed by atoms with E-state index >= 15 is 0 Å². The molecule has 2 aromatic rings. The zero-order valence-electron chi connectivity index (χ0n) is 10.5. The number of ether oxygens (including phenoxy) is 1. The van der Waals surface area contributed by atoms with E-state index in [9.17, 15) is 8.42 Å². The molecule has 1 aromatic heterocycles. The molecule has 6 nitrogen and oxygen atoms in total. The first kappa shape index (κ1) is 14.6. The number of benzene rings is 1. The first-order chi connectivity index (χ1) is 9.44. The summed E-state index contributed by atoms with van der Waals surface area (Å²) in [6.07, 6.45) is 2.99. The van der Waals surface area contributed by atoms with E-state index < -0.39 is 10.0 Å². The van der Waals surface area contributed by atoms with Crippen LogP contribution < -0.4 is 15.2 Å². The van der Waals surface area contributed by atoms with Crippen molar-refractivity contribution < 1.29 is 13.2 Å². The van der Waals surface area contributed by atoms with E-state index in [0.29, 0.717) is 15.8 Å². The molecule has 0 aliphatic heterocycles. The Hall–Kier alpha value is -1.80. The third-order valence-corrected chi connectivity index (χ3v) is 4.53. The molecule has 1 aromatic carbocycles. The molecule has 3 N–H and O–H groups in total. The number of anilines is 2. The number of pyridine rings is 1. The molecule has 0 bridgehead atoms. The zero-order valence-corrected chi connectivity index (χ0v) is 12.9. The van der Waals surface area contributed by atoms with Crippen molar-refractivity contribution in [3.05, 3.63) is 41.1 Å². The third-order valence-electron chi connectivity index (χ3n) is 2.49. The van der Waals surface area contributed by atoms with Gasteiger partial charge in [-0.2, -0.15) is 0 Å². The van der Waals surface area contributed by atoms with Gasteiger partial charge in [-0.15, -0.1) is 0 Å². The third kappa shape index (κ3) is 3.02. The predicted octanol–water partition coefficient (Wildman–Crippen LogP) is 2.24. The van der Waals surface area contributed by atoms with Crippen molar-refractivity contribution in [3.8, 4) is 5.75 Å². The summed E-state index contributed by atoms with van der Waals surface area (Å²) >= 11 is 3.23. The summed E-state index contributed by atoms with van der Waals surface area (Å²) in [5.74, 6) is 0.183. The largest absolute Gasteiger partial charge is 0.495 e. The van der Waals surface area contributed by atoms with Crippen LogP contribution in [-0.4, -0.2) is 20.5 Å². The van der Waals surface area contributed by atoms with Gasteiger partial charge in [-0.25, -0.2) is 8.42 Å². The molecule has 0 amide bonds. The first-order valence-electron chi connectivity index (χ1n) is 5.50. The summed E-state index contributed by atoms with van der Waals surface area (Å²) in [7, 11) is -2.40. The van der Waals surface area contributed by atoms with Gasteiger partial charge < -0.3 is 10.5 Å². The maximum Gasteiger partial charge on any atom is 0.265 e. The fourth-order valence-electron chi connectivity index (χ4n) is 1.56. The second kappa shape index (κ2) is 5.68. The van der Waals surface area contributed by atoms with E-state index in [-0.39, 0.29) is 10.6 Å². The highest BCUT2D eigenvalue weighted by molar-refractivity contribution is 9.10. The molecule has 0 aliphatic rings. The van der Waals surface area contributed by atoms with Gasteiger partial charge in [0.25, 0.3) is 10.0 Å². The Balaban J connectivity index is 2.44. The van der Waals surface area contributed by atoms with Crippen LogP contribution in [0.15, 0.2) is 46.0 Å². The van der Waals surface area contributed by atoms with Crippen LogP contribution in [0, 0.1) is 0 Å². The van der Waals surface area contributed by atoms with E-state index in [1.165, 1.54) is 37.7 Å². The van der Waals surface area contributed by atoms with E-state index in [1.54, 1.807) is 6.07 Å². The fraction of sp³-hybridized carbons (Fsp3) is 0.0833. The van der Waals surface area contributed by atoms with Crippen molar-refractivity contribution in [2.45, 2.75) is 4.90 Å². The second-order valence-corrected chi connectivity index (χ2v) is 6.38. The Kier molecular flexibility index (Phi) is 4.15. The molecule has 8 heteroatoms. The van der Waals surface area contributed by atoms with Crippen LogP contribution in [0.25, 0.3) is 0 Å². The Morgan fingerprint density at radius 3 is 2.75 bits per heavy atom. The van der Waals surface area contributed by atoms with Crippen LogP contribution in [0.5, 0.6) is 5.75 Å². The molecular weight excluding hydrogens is 346 g/mol. The molecule has 0 unspecified atom stereocenters. The Morgan fingerprint density at radius 2 is 2.10 bits per heavy atom. The lowest BCUT2D eigenvalue weighted by Gasteiger charge is -2.12. The van der Waals surface area contributed by atoms with Crippen molar-refractivity contribution in [1.82, 2.24) is 4.98 Å². The predicted molar refractivity (Wildman–Crippen MR) is 80.2 cm³/mol. The summed E-state index contributed by atoms with van der Waals surface area (Å²) < 4.78 is 32.8. The number of nitrogen functional groups attached to an aromatic ring is 1. The van der Waals surface area contributed by atoms with Crippen molar-refractivity contribution in [2.24, 2.45) is 0 Å². The van der Waals surface area contributed by atoms with Crippen LogP contribution in [0.4, 0.5) is 11.4 Å². The molecule has 0 radical (unpaired) electrons. The number of hydrogen-bond acceptors (Lipinski definition) is 5. The SMILES string of the molecule is COc1cc(N)ccc1S(=O)(=O)Nc1ccncc1Br. The van der Waals surface area contributed by atoms with Crippen molar-refractivity contribution >= 4 is 37.3 Å². The number of nitrogens with one attached hydrogen (secondary N) is 1.